The number of aromatic amines is 1. The lowest BCUT2D eigenvalue weighted by Crippen LogP contribution is -2.37. The van der Waals surface area contributed by atoms with E-state index in [9.17, 15) is 14.7 Å². The van der Waals surface area contributed by atoms with Crippen molar-refractivity contribution in [3.63, 3.8) is 0 Å². The number of nitrogens with two attached hydrogens (primary N) is 1. The van der Waals surface area contributed by atoms with Crippen molar-refractivity contribution in [2.45, 2.75) is 25.3 Å². The van der Waals surface area contributed by atoms with Gasteiger partial charge in [-0.25, -0.2) is 0 Å². The number of carboxylic acids is 1. The lowest BCUT2D eigenvalue weighted by atomic mass is 9.83. The molecule has 3 rings (SSSR count). The predicted molar refractivity (Wildman–Crippen MR) is 103 cm³/mol. The third kappa shape index (κ3) is 3.85. The molecule has 0 aliphatic carbocycles. The normalized spacial score (nSPS) is 13.3. The molecule has 2 unspecified atom stereocenters. The summed E-state index contributed by atoms with van der Waals surface area (Å²) in [5.41, 5.74) is 9.06. The van der Waals surface area contributed by atoms with Gasteiger partial charge in [0, 0.05) is 22.5 Å². The molecule has 2 aromatic carbocycles. The van der Waals surface area contributed by atoms with Crippen LogP contribution in [-0.4, -0.2) is 34.7 Å². The van der Waals surface area contributed by atoms with E-state index in [0.717, 1.165) is 22.0 Å². The Hall–Kier alpha value is -3.12. The fraction of sp³-hybridized carbons (Fsp3) is 0.238. The molecule has 6 nitrogen and oxygen atoms in total. The molecular formula is C21H22N2O4. The molecule has 0 amide bonds. The molecule has 0 bridgehead atoms. The number of hydrogen-bond donors (Lipinski definition) is 3. The number of esters is 1. The topological polar surface area (TPSA) is 105 Å². The average molecular weight is 366 g/mol. The van der Waals surface area contributed by atoms with Gasteiger partial charge in [-0.15, -0.1) is 0 Å². The number of carbonyl (C=O) groups is 2. The molecule has 0 fully saturated rings. The van der Waals surface area contributed by atoms with Gasteiger partial charge in [0.15, 0.2) is 0 Å². The zero-order chi connectivity index (χ0) is 19.4. The zero-order valence-electron chi connectivity index (χ0n) is 15.0. The molecule has 0 saturated heterocycles. The summed E-state index contributed by atoms with van der Waals surface area (Å²) < 4.78 is 5.08. The Morgan fingerprint density at radius 1 is 1.11 bits per heavy atom. The van der Waals surface area contributed by atoms with E-state index in [4.69, 9.17) is 10.5 Å². The van der Waals surface area contributed by atoms with Crippen LogP contribution >= 0.6 is 0 Å². The molecule has 0 aliphatic heterocycles. The average Bonchev–Trinajstić information content (AvgIpc) is 3.01. The van der Waals surface area contributed by atoms with Gasteiger partial charge >= 0.3 is 11.9 Å². The van der Waals surface area contributed by atoms with Crippen LogP contribution in [0.1, 0.15) is 29.7 Å². The molecule has 1 heterocycles. The molecule has 0 radical (unpaired) electrons. The Balaban J connectivity index is 2.21. The van der Waals surface area contributed by atoms with E-state index in [2.05, 4.69) is 4.98 Å². The first kappa shape index (κ1) is 18.7. The summed E-state index contributed by atoms with van der Waals surface area (Å²) in [6, 6.07) is 15.6. The molecule has 3 aromatic rings. The van der Waals surface area contributed by atoms with Crippen LogP contribution in [-0.2, 0) is 20.7 Å². The van der Waals surface area contributed by atoms with Crippen molar-refractivity contribution in [1.82, 2.24) is 4.98 Å². The maximum Gasteiger partial charge on any atom is 0.321 e. The third-order valence-electron chi connectivity index (χ3n) is 4.57. The summed E-state index contributed by atoms with van der Waals surface area (Å²) in [4.78, 5) is 27.1. The smallest absolute Gasteiger partial charge is 0.321 e. The van der Waals surface area contributed by atoms with Crippen molar-refractivity contribution < 1.29 is 19.4 Å². The van der Waals surface area contributed by atoms with Crippen molar-refractivity contribution >= 4 is 22.8 Å². The molecule has 27 heavy (non-hydrogen) atoms. The molecule has 0 saturated carbocycles. The van der Waals surface area contributed by atoms with Crippen molar-refractivity contribution in [3.05, 3.63) is 71.4 Å². The van der Waals surface area contributed by atoms with Gasteiger partial charge in [0.05, 0.1) is 13.0 Å². The van der Waals surface area contributed by atoms with Gasteiger partial charge in [-0.3, -0.25) is 9.59 Å². The number of benzene rings is 2. The Bertz CT molecular complexity index is 949. The molecule has 4 N–H and O–H groups in total. The zero-order valence-corrected chi connectivity index (χ0v) is 15.0. The molecule has 0 spiro atoms. The SMILES string of the molecule is CCOC(=O)Cc1[nH]c2ccccc2c1C(c1ccccc1)C(N)C(=O)O. The number of para-hydroxylation sites is 1. The van der Waals surface area contributed by atoms with E-state index in [1.165, 1.54) is 0 Å². The van der Waals surface area contributed by atoms with Crippen molar-refractivity contribution in [2.75, 3.05) is 6.61 Å². The number of carboxylic acid groups (broad SMARTS) is 1. The minimum absolute atomic E-state index is 0.0214. The third-order valence-corrected chi connectivity index (χ3v) is 4.57. The number of aliphatic carboxylic acids is 1. The minimum atomic E-state index is -1.16. The van der Waals surface area contributed by atoms with Gasteiger partial charge in [-0.05, 0) is 24.1 Å². The van der Waals surface area contributed by atoms with Gasteiger partial charge in [0.25, 0.3) is 0 Å². The fourth-order valence-corrected chi connectivity index (χ4v) is 3.43. The summed E-state index contributed by atoms with van der Waals surface area (Å²) in [6.45, 7) is 2.03. The van der Waals surface area contributed by atoms with Crippen LogP contribution in [0.3, 0.4) is 0 Å². The largest absolute Gasteiger partial charge is 0.480 e. The Kier molecular flexibility index (Phi) is 5.57. The number of H-pyrrole nitrogens is 1. The van der Waals surface area contributed by atoms with E-state index in [1.807, 2.05) is 54.6 Å². The number of carbonyl (C=O) groups excluding carboxylic acids is 1. The highest BCUT2D eigenvalue weighted by Gasteiger charge is 2.32. The first-order valence-corrected chi connectivity index (χ1v) is 8.81. The molecular weight excluding hydrogens is 344 g/mol. The quantitative estimate of drug-likeness (QED) is 0.558. The summed E-state index contributed by atoms with van der Waals surface area (Å²) >= 11 is 0. The molecule has 2 atom stereocenters. The highest BCUT2D eigenvalue weighted by molar-refractivity contribution is 5.89. The van der Waals surface area contributed by atoms with Crippen LogP contribution in [0.4, 0.5) is 0 Å². The lowest BCUT2D eigenvalue weighted by molar-refractivity contribution is -0.142. The van der Waals surface area contributed by atoms with E-state index < -0.39 is 17.9 Å². The van der Waals surface area contributed by atoms with Crippen molar-refractivity contribution in [3.8, 4) is 0 Å². The summed E-state index contributed by atoms with van der Waals surface area (Å²) in [5, 5.41) is 10.5. The first-order valence-electron chi connectivity index (χ1n) is 8.81. The number of nitrogens with one attached hydrogen (secondary N) is 1. The summed E-state index contributed by atoms with van der Waals surface area (Å²) in [6.07, 6.45) is 0.0214. The van der Waals surface area contributed by atoms with E-state index in [-0.39, 0.29) is 19.0 Å². The summed E-state index contributed by atoms with van der Waals surface area (Å²) in [5.74, 6) is -2.08. The maximum atomic E-state index is 12.1. The Morgan fingerprint density at radius 2 is 1.78 bits per heavy atom. The van der Waals surface area contributed by atoms with Crippen LogP contribution < -0.4 is 5.73 Å². The molecule has 6 heteroatoms. The fourth-order valence-electron chi connectivity index (χ4n) is 3.43. The second kappa shape index (κ2) is 8.05. The number of rotatable bonds is 7. The van der Waals surface area contributed by atoms with E-state index >= 15 is 0 Å². The first-order chi connectivity index (χ1) is 13.0. The minimum Gasteiger partial charge on any atom is -0.480 e. The van der Waals surface area contributed by atoms with Gasteiger partial charge < -0.3 is 20.6 Å². The number of ether oxygens (including phenoxy) is 1. The molecule has 0 aliphatic rings. The van der Waals surface area contributed by atoms with Gasteiger partial charge in [-0.2, -0.15) is 0 Å². The van der Waals surface area contributed by atoms with Crippen molar-refractivity contribution in [2.24, 2.45) is 5.73 Å². The standard InChI is InChI=1S/C21H22N2O4/c1-2-27-17(24)12-16-19(14-10-6-7-11-15(14)23-16)18(20(22)21(25)26)13-8-4-3-5-9-13/h3-11,18,20,23H,2,12,22H2,1H3,(H,25,26). The van der Waals surface area contributed by atoms with Crippen molar-refractivity contribution in [1.29, 1.82) is 0 Å². The lowest BCUT2D eigenvalue weighted by Gasteiger charge is -2.23. The van der Waals surface area contributed by atoms with E-state index in [1.54, 1.807) is 6.92 Å². The molecule has 140 valence electrons. The molecule has 1 aromatic heterocycles. The highest BCUT2D eigenvalue weighted by atomic mass is 16.5. The Labute approximate surface area is 157 Å². The Morgan fingerprint density at radius 3 is 2.44 bits per heavy atom. The predicted octanol–water partition coefficient (Wildman–Crippen LogP) is 2.82. The number of hydrogen-bond acceptors (Lipinski definition) is 4. The van der Waals surface area contributed by atoms with Crippen LogP contribution in [0.2, 0.25) is 0 Å². The second-order valence-electron chi connectivity index (χ2n) is 6.30. The maximum absolute atomic E-state index is 12.1. The van der Waals surface area contributed by atoms with Gasteiger partial charge in [0.2, 0.25) is 0 Å². The monoisotopic (exact) mass is 366 g/mol. The van der Waals surface area contributed by atoms with Crippen LogP contribution in [0.5, 0.6) is 0 Å². The van der Waals surface area contributed by atoms with Gasteiger partial charge in [0.1, 0.15) is 6.04 Å². The number of aromatic nitrogens is 1. The number of fused-ring (bicyclic) bond motifs is 1. The summed E-state index contributed by atoms with van der Waals surface area (Å²) in [7, 11) is 0. The van der Waals surface area contributed by atoms with Crippen LogP contribution in [0, 0.1) is 0 Å². The second-order valence-corrected chi connectivity index (χ2v) is 6.30. The van der Waals surface area contributed by atoms with E-state index in [0.29, 0.717) is 5.69 Å². The highest BCUT2D eigenvalue weighted by Crippen LogP contribution is 2.36. The van der Waals surface area contributed by atoms with Crippen LogP contribution in [0.25, 0.3) is 10.9 Å². The van der Waals surface area contributed by atoms with Gasteiger partial charge in [-0.1, -0.05) is 48.5 Å². The van der Waals surface area contributed by atoms with Crippen LogP contribution in [0.15, 0.2) is 54.6 Å².